The van der Waals surface area contributed by atoms with Crippen molar-refractivity contribution >= 4 is 0 Å². The van der Waals surface area contributed by atoms with Gasteiger partial charge in [0.1, 0.15) is 0 Å². The van der Waals surface area contributed by atoms with Crippen molar-refractivity contribution in [1.82, 2.24) is 9.88 Å². The molecule has 0 radical (unpaired) electrons. The zero-order valence-corrected chi connectivity index (χ0v) is 9.26. The second-order valence-electron chi connectivity index (χ2n) is 4.37. The highest BCUT2D eigenvalue weighted by atomic mass is 15.1. The number of likely N-dealkylation sites (N-methyl/N-ethyl adjacent to an activating group) is 1. The smallest absolute Gasteiger partial charge is 0.0511 e. The van der Waals surface area contributed by atoms with Gasteiger partial charge in [-0.05, 0) is 38.1 Å². The highest BCUT2D eigenvalue weighted by molar-refractivity contribution is 5.16. The minimum Gasteiger partial charge on any atom is -0.326 e. The molecule has 2 heterocycles. The molecule has 0 aliphatic carbocycles. The Hall–Kier alpha value is -0.930. The monoisotopic (exact) mass is 205 g/mol. The van der Waals surface area contributed by atoms with Crippen molar-refractivity contribution in [1.29, 1.82) is 0 Å². The zero-order chi connectivity index (χ0) is 10.7. The van der Waals surface area contributed by atoms with Crippen molar-refractivity contribution in [3.8, 4) is 0 Å². The third-order valence-electron chi connectivity index (χ3n) is 3.20. The Bertz CT molecular complexity index is 287. The first-order chi connectivity index (χ1) is 7.29. The summed E-state index contributed by atoms with van der Waals surface area (Å²) in [6.45, 7) is 1.13. The molecular weight excluding hydrogens is 186 g/mol. The van der Waals surface area contributed by atoms with E-state index in [1.165, 1.54) is 18.4 Å². The fourth-order valence-corrected chi connectivity index (χ4v) is 2.42. The molecule has 3 nitrogen and oxygen atoms in total. The molecule has 1 aromatic rings. The van der Waals surface area contributed by atoms with Crippen LogP contribution in [0.4, 0.5) is 0 Å². The summed E-state index contributed by atoms with van der Waals surface area (Å²) < 4.78 is 0. The normalized spacial score (nSPS) is 28.7. The number of hydrogen-bond donors (Lipinski definition) is 1. The second-order valence-corrected chi connectivity index (χ2v) is 4.37. The van der Waals surface area contributed by atoms with Gasteiger partial charge in [-0.1, -0.05) is 12.5 Å². The van der Waals surface area contributed by atoms with Crippen molar-refractivity contribution in [3.63, 3.8) is 0 Å². The summed E-state index contributed by atoms with van der Waals surface area (Å²) in [5, 5.41) is 0. The number of likely N-dealkylation sites (tertiary alicyclic amines) is 1. The van der Waals surface area contributed by atoms with E-state index >= 15 is 0 Å². The topological polar surface area (TPSA) is 42.1 Å². The fourth-order valence-electron chi connectivity index (χ4n) is 2.42. The van der Waals surface area contributed by atoms with E-state index in [0.717, 1.165) is 13.0 Å². The SMILES string of the molecule is CN1CCCCC(N)C1c1cccnc1. The number of nitrogens with zero attached hydrogens (tertiary/aromatic N) is 2. The average Bonchev–Trinajstić information content (AvgIpc) is 2.41. The Kier molecular flexibility index (Phi) is 3.34. The molecule has 15 heavy (non-hydrogen) atoms. The lowest BCUT2D eigenvalue weighted by Crippen LogP contribution is -2.37. The fraction of sp³-hybridized carbons (Fsp3) is 0.583. The Morgan fingerprint density at radius 2 is 2.33 bits per heavy atom. The van der Waals surface area contributed by atoms with E-state index in [1.54, 1.807) is 0 Å². The molecule has 2 rings (SSSR count). The van der Waals surface area contributed by atoms with Crippen LogP contribution in [0.3, 0.4) is 0 Å². The van der Waals surface area contributed by atoms with E-state index in [4.69, 9.17) is 5.73 Å². The zero-order valence-electron chi connectivity index (χ0n) is 9.26. The molecule has 82 valence electrons. The van der Waals surface area contributed by atoms with Gasteiger partial charge in [0.15, 0.2) is 0 Å². The molecule has 0 amide bonds. The lowest BCUT2D eigenvalue weighted by atomic mass is 9.98. The number of hydrogen-bond acceptors (Lipinski definition) is 3. The van der Waals surface area contributed by atoms with Gasteiger partial charge >= 0.3 is 0 Å². The maximum absolute atomic E-state index is 6.23. The highest BCUT2D eigenvalue weighted by Crippen LogP contribution is 2.27. The Morgan fingerprint density at radius 3 is 3.07 bits per heavy atom. The minimum absolute atomic E-state index is 0.238. The molecule has 1 fully saturated rings. The Labute approximate surface area is 91.3 Å². The summed E-state index contributed by atoms with van der Waals surface area (Å²) in [6, 6.07) is 4.68. The van der Waals surface area contributed by atoms with Gasteiger partial charge in [-0.15, -0.1) is 0 Å². The van der Waals surface area contributed by atoms with Crippen LogP contribution in [0.15, 0.2) is 24.5 Å². The molecule has 0 aromatic carbocycles. The van der Waals surface area contributed by atoms with E-state index in [2.05, 4.69) is 23.0 Å². The maximum atomic E-state index is 6.23. The Balaban J connectivity index is 2.23. The van der Waals surface area contributed by atoms with Crippen LogP contribution in [-0.4, -0.2) is 29.5 Å². The van der Waals surface area contributed by atoms with Crippen LogP contribution in [0.25, 0.3) is 0 Å². The van der Waals surface area contributed by atoms with Crippen molar-refractivity contribution in [3.05, 3.63) is 30.1 Å². The van der Waals surface area contributed by atoms with Gasteiger partial charge in [0.05, 0.1) is 6.04 Å². The first-order valence-electron chi connectivity index (χ1n) is 5.65. The van der Waals surface area contributed by atoms with Crippen LogP contribution >= 0.6 is 0 Å². The van der Waals surface area contributed by atoms with Crippen LogP contribution in [0.5, 0.6) is 0 Å². The van der Waals surface area contributed by atoms with Crippen LogP contribution in [0.2, 0.25) is 0 Å². The molecule has 3 heteroatoms. The molecular formula is C12H19N3. The van der Waals surface area contributed by atoms with Crippen LogP contribution in [0.1, 0.15) is 30.9 Å². The molecule has 1 aliphatic rings. The average molecular weight is 205 g/mol. The number of rotatable bonds is 1. The third kappa shape index (κ3) is 2.36. The van der Waals surface area contributed by atoms with Gasteiger partial charge in [-0.3, -0.25) is 9.88 Å². The van der Waals surface area contributed by atoms with E-state index in [1.807, 2.05) is 18.5 Å². The van der Waals surface area contributed by atoms with Gasteiger partial charge in [0.2, 0.25) is 0 Å². The second kappa shape index (κ2) is 4.73. The molecule has 1 saturated heterocycles. The lowest BCUT2D eigenvalue weighted by molar-refractivity contribution is 0.229. The highest BCUT2D eigenvalue weighted by Gasteiger charge is 2.26. The van der Waals surface area contributed by atoms with Crippen LogP contribution in [-0.2, 0) is 0 Å². The molecule has 2 atom stereocenters. The number of nitrogens with two attached hydrogens (primary N) is 1. The van der Waals surface area contributed by atoms with Gasteiger partial charge < -0.3 is 5.73 Å². The number of aromatic nitrogens is 1. The first kappa shape index (κ1) is 10.6. The quantitative estimate of drug-likeness (QED) is 0.756. The van der Waals surface area contributed by atoms with Gasteiger partial charge in [-0.2, -0.15) is 0 Å². The van der Waals surface area contributed by atoms with Gasteiger partial charge in [0, 0.05) is 18.4 Å². The largest absolute Gasteiger partial charge is 0.326 e. The molecule has 2 N–H and O–H groups in total. The van der Waals surface area contributed by atoms with E-state index in [0.29, 0.717) is 6.04 Å². The third-order valence-corrected chi connectivity index (χ3v) is 3.20. The van der Waals surface area contributed by atoms with Gasteiger partial charge in [0.25, 0.3) is 0 Å². The van der Waals surface area contributed by atoms with Crippen molar-refractivity contribution in [2.45, 2.75) is 31.3 Å². The summed E-state index contributed by atoms with van der Waals surface area (Å²) in [5.74, 6) is 0. The summed E-state index contributed by atoms with van der Waals surface area (Å²) in [6.07, 6.45) is 7.35. The standard InChI is InChI=1S/C12H19N3/c1-15-8-3-2-6-11(13)12(15)10-5-4-7-14-9-10/h4-5,7,9,11-12H,2-3,6,8,13H2,1H3. The van der Waals surface area contributed by atoms with Gasteiger partial charge in [-0.25, -0.2) is 0 Å². The van der Waals surface area contributed by atoms with E-state index in [9.17, 15) is 0 Å². The van der Waals surface area contributed by atoms with Crippen LogP contribution in [0, 0.1) is 0 Å². The lowest BCUT2D eigenvalue weighted by Gasteiger charge is -2.30. The predicted octanol–water partition coefficient (Wildman–Crippen LogP) is 1.57. The Morgan fingerprint density at radius 1 is 1.47 bits per heavy atom. The summed E-state index contributed by atoms with van der Waals surface area (Å²) in [4.78, 5) is 6.53. The molecule has 0 bridgehead atoms. The molecule has 0 saturated carbocycles. The molecule has 1 aliphatic heterocycles. The minimum atomic E-state index is 0.238. The van der Waals surface area contributed by atoms with Crippen molar-refractivity contribution < 1.29 is 0 Å². The predicted molar refractivity (Wildman–Crippen MR) is 61.4 cm³/mol. The maximum Gasteiger partial charge on any atom is 0.0511 e. The summed E-state index contributed by atoms with van der Waals surface area (Å²) in [5.41, 5.74) is 7.48. The summed E-state index contributed by atoms with van der Waals surface area (Å²) in [7, 11) is 2.16. The molecule has 1 aromatic heterocycles. The first-order valence-corrected chi connectivity index (χ1v) is 5.65. The summed E-state index contributed by atoms with van der Waals surface area (Å²) >= 11 is 0. The molecule has 0 spiro atoms. The molecule has 2 unspecified atom stereocenters. The van der Waals surface area contributed by atoms with Crippen LogP contribution < -0.4 is 5.73 Å². The van der Waals surface area contributed by atoms with Crippen molar-refractivity contribution in [2.24, 2.45) is 5.73 Å². The number of pyridine rings is 1. The van der Waals surface area contributed by atoms with E-state index in [-0.39, 0.29) is 6.04 Å². The van der Waals surface area contributed by atoms with E-state index < -0.39 is 0 Å². The van der Waals surface area contributed by atoms with Crippen molar-refractivity contribution in [2.75, 3.05) is 13.6 Å².